The van der Waals surface area contributed by atoms with Gasteiger partial charge < -0.3 is 10.6 Å². The van der Waals surface area contributed by atoms with Gasteiger partial charge in [0.15, 0.2) is 0 Å². The van der Waals surface area contributed by atoms with Crippen LogP contribution >= 0.6 is 27.5 Å². The molecule has 0 saturated heterocycles. The molecule has 0 atom stereocenters. The summed E-state index contributed by atoms with van der Waals surface area (Å²) in [6.07, 6.45) is 1.26. The van der Waals surface area contributed by atoms with Crippen molar-refractivity contribution >= 4 is 56.2 Å². The second-order valence-corrected chi connectivity index (χ2v) is 6.67. The molecule has 2 aromatic carbocycles. The summed E-state index contributed by atoms with van der Waals surface area (Å²) >= 11 is 9.48. The van der Waals surface area contributed by atoms with Gasteiger partial charge in [0, 0.05) is 20.9 Å². The van der Waals surface area contributed by atoms with Crippen molar-refractivity contribution in [2.24, 2.45) is 0 Å². The van der Waals surface area contributed by atoms with E-state index in [1.165, 1.54) is 6.33 Å². The van der Waals surface area contributed by atoms with Gasteiger partial charge in [0.25, 0.3) is 0 Å². The van der Waals surface area contributed by atoms with Gasteiger partial charge in [0.2, 0.25) is 11.6 Å². The minimum Gasteiger partial charge on any atom is -0.334 e. The average Bonchev–Trinajstić information content (AvgIpc) is 2.59. The lowest BCUT2D eigenvalue weighted by Gasteiger charge is -2.12. The topological polar surface area (TPSA) is 93.0 Å². The van der Waals surface area contributed by atoms with Crippen molar-refractivity contribution in [3.8, 4) is 0 Å². The van der Waals surface area contributed by atoms with Gasteiger partial charge in [0.05, 0.1) is 4.92 Å². The Hall–Kier alpha value is -2.71. The molecule has 0 fully saturated rings. The molecule has 0 saturated carbocycles. The Morgan fingerprint density at radius 2 is 1.81 bits per heavy atom. The average molecular weight is 435 g/mol. The number of halogens is 2. The molecular weight excluding hydrogens is 422 g/mol. The first kappa shape index (κ1) is 18.1. The summed E-state index contributed by atoms with van der Waals surface area (Å²) in [5.74, 6) is 0.165. The van der Waals surface area contributed by atoms with Gasteiger partial charge in [-0.1, -0.05) is 39.7 Å². The lowest BCUT2D eigenvalue weighted by Crippen LogP contribution is -2.06. The van der Waals surface area contributed by atoms with Crippen LogP contribution in [0.3, 0.4) is 0 Å². The molecule has 0 amide bonds. The Bertz CT molecular complexity index is 983. The number of nitro groups is 1. The van der Waals surface area contributed by atoms with Crippen LogP contribution in [0.25, 0.3) is 0 Å². The Kier molecular flexibility index (Phi) is 5.34. The molecule has 0 aliphatic carbocycles. The monoisotopic (exact) mass is 433 g/mol. The van der Waals surface area contributed by atoms with Gasteiger partial charge in [-0.25, -0.2) is 9.97 Å². The van der Waals surface area contributed by atoms with Crippen molar-refractivity contribution in [1.82, 2.24) is 9.97 Å². The van der Waals surface area contributed by atoms with Crippen LogP contribution in [0.1, 0.15) is 5.56 Å². The highest BCUT2D eigenvalue weighted by Gasteiger charge is 2.24. The van der Waals surface area contributed by atoms with Crippen molar-refractivity contribution in [1.29, 1.82) is 0 Å². The van der Waals surface area contributed by atoms with Crippen LogP contribution in [0.4, 0.5) is 28.7 Å². The molecule has 1 aromatic heterocycles. The summed E-state index contributed by atoms with van der Waals surface area (Å²) in [6, 6.07) is 12.5. The molecule has 3 rings (SSSR count). The van der Waals surface area contributed by atoms with Gasteiger partial charge in [0.1, 0.15) is 6.33 Å². The number of nitrogens with zero attached hydrogens (tertiary/aromatic N) is 3. The second-order valence-electron chi connectivity index (χ2n) is 5.35. The van der Waals surface area contributed by atoms with E-state index in [1.54, 1.807) is 30.3 Å². The number of hydrogen-bond donors (Lipinski definition) is 2. The quantitative estimate of drug-likeness (QED) is 0.401. The number of anilines is 4. The first-order chi connectivity index (χ1) is 12.5. The summed E-state index contributed by atoms with van der Waals surface area (Å²) in [5, 5.41) is 18.1. The third-order valence-corrected chi connectivity index (χ3v) is 4.52. The molecule has 0 spiro atoms. The molecule has 0 unspecified atom stereocenters. The maximum absolute atomic E-state index is 11.7. The minimum atomic E-state index is -0.525. The Morgan fingerprint density at radius 1 is 1.12 bits per heavy atom. The van der Waals surface area contributed by atoms with Crippen LogP contribution in [-0.4, -0.2) is 14.9 Å². The zero-order valence-corrected chi connectivity index (χ0v) is 15.9. The second kappa shape index (κ2) is 7.67. The number of hydrogen-bond acceptors (Lipinski definition) is 6. The molecule has 132 valence electrons. The van der Waals surface area contributed by atoms with Gasteiger partial charge in [-0.2, -0.15) is 0 Å². The Labute approximate surface area is 162 Å². The maximum Gasteiger partial charge on any atom is 0.353 e. The molecule has 0 aliphatic rings. The van der Waals surface area contributed by atoms with Gasteiger partial charge in [-0.15, -0.1) is 0 Å². The molecular formula is C17H13BrClN5O2. The first-order valence-corrected chi connectivity index (χ1v) is 8.67. The van der Waals surface area contributed by atoms with Crippen LogP contribution < -0.4 is 10.6 Å². The predicted octanol–water partition coefficient (Wildman–Crippen LogP) is 5.60. The Morgan fingerprint density at radius 3 is 2.50 bits per heavy atom. The zero-order valence-electron chi connectivity index (χ0n) is 13.5. The van der Waals surface area contributed by atoms with Crippen molar-refractivity contribution in [3.63, 3.8) is 0 Å². The fourth-order valence-corrected chi connectivity index (χ4v) is 2.88. The normalized spacial score (nSPS) is 10.4. The highest BCUT2D eigenvalue weighted by molar-refractivity contribution is 9.10. The van der Waals surface area contributed by atoms with E-state index in [4.69, 9.17) is 11.6 Å². The number of nitrogens with one attached hydrogen (secondary N) is 2. The van der Waals surface area contributed by atoms with E-state index < -0.39 is 4.92 Å². The molecule has 26 heavy (non-hydrogen) atoms. The fourth-order valence-electron chi connectivity index (χ4n) is 2.31. The molecule has 7 nitrogen and oxygen atoms in total. The van der Waals surface area contributed by atoms with Gasteiger partial charge in [-0.05, 0) is 42.8 Å². The molecule has 0 aliphatic heterocycles. The summed E-state index contributed by atoms with van der Waals surface area (Å²) in [5.41, 5.74) is 1.80. The summed E-state index contributed by atoms with van der Waals surface area (Å²) in [4.78, 5) is 19.2. The molecule has 3 aromatic rings. The van der Waals surface area contributed by atoms with Crippen LogP contribution in [0.2, 0.25) is 5.02 Å². The van der Waals surface area contributed by atoms with Crippen LogP contribution in [-0.2, 0) is 0 Å². The van der Waals surface area contributed by atoms with E-state index >= 15 is 0 Å². The number of benzene rings is 2. The summed E-state index contributed by atoms with van der Waals surface area (Å²) in [6.45, 7) is 1.82. The first-order valence-electron chi connectivity index (χ1n) is 7.50. The SMILES string of the molecule is Cc1c(Cl)cccc1Nc1ncnc(Nc2cccc(Br)c2)c1[N+](=O)[O-]. The van der Waals surface area contributed by atoms with E-state index in [2.05, 4.69) is 36.5 Å². The highest BCUT2D eigenvalue weighted by atomic mass is 79.9. The van der Waals surface area contributed by atoms with Crippen LogP contribution in [0, 0.1) is 17.0 Å². The number of rotatable bonds is 5. The molecule has 0 radical (unpaired) electrons. The van der Waals surface area contributed by atoms with E-state index in [9.17, 15) is 10.1 Å². The van der Waals surface area contributed by atoms with Gasteiger partial charge in [-0.3, -0.25) is 10.1 Å². The molecule has 9 heteroatoms. The standard InChI is InChI=1S/C17H13BrClN5O2/c1-10-13(19)6-3-7-14(10)23-17-15(24(25)26)16(20-9-21-17)22-12-5-2-4-11(18)8-12/h2-9H,1H3,(H2,20,21,22,23). The predicted molar refractivity (Wildman–Crippen MR) is 106 cm³/mol. The van der Waals surface area contributed by atoms with Crippen molar-refractivity contribution in [2.45, 2.75) is 6.92 Å². The lowest BCUT2D eigenvalue weighted by atomic mass is 10.2. The van der Waals surface area contributed by atoms with Crippen LogP contribution in [0.15, 0.2) is 53.3 Å². The largest absolute Gasteiger partial charge is 0.353 e. The van der Waals surface area contributed by atoms with E-state index in [0.29, 0.717) is 16.4 Å². The third kappa shape index (κ3) is 3.92. The third-order valence-electron chi connectivity index (χ3n) is 3.61. The van der Waals surface area contributed by atoms with Crippen molar-refractivity contribution < 1.29 is 4.92 Å². The maximum atomic E-state index is 11.7. The van der Waals surface area contributed by atoms with Gasteiger partial charge >= 0.3 is 5.69 Å². The smallest absolute Gasteiger partial charge is 0.334 e. The van der Waals surface area contributed by atoms with Crippen molar-refractivity contribution in [2.75, 3.05) is 10.6 Å². The molecule has 2 N–H and O–H groups in total. The minimum absolute atomic E-state index is 0.0767. The molecule has 0 bridgehead atoms. The van der Waals surface area contributed by atoms with Crippen LogP contribution in [0.5, 0.6) is 0 Å². The summed E-state index contributed by atoms with van der Waals surface area (Å²) < 4.78 is 0.840. The summed E-state index contributed by atoms with van der Waals surface area (Å²) in [7, 11) is 0. The van der Waals surface area contributed by atoms with E-state index in [-0.39, 0.29) is 17.3 Å². The highest BCUT2D eigenvalue weighted by Crippen LogP contribution is 2.34. The number of aromatic nitrogens is 2. The zero-order chi connectivity index (χ0) is 18.7. The van der Waals surface area contributed by atoms with Crippen molar-refractivity contribution in [3.05, 3.63) is 74.0 Å². The fraction of sp³-hybridized carbons (Fsp3) is 0.0588. The lowest BCUT2D eigenvalue weighted by molar-refractivity contribution is -0.383. The Balaban J connectivity index is 2.01. The van der Waals surface area contributed by atoms with E-state index in [0.717, 1.165) is 10.0 Å². The van der Waals surface area contributed by atoms with E-state index in [1.807, 2.05) is 19.1 Å². The molecule has 1 heterocycles.